The van der Waals surface area contributed by atoms with Gasteiger partial charge in [0.1, 0.15) is 0 Å². The van der Waals surface area contributed by atoms with Crippen LogP contribution >= 0.6 is 93.2 Å². The predicted octanol–water partition coefficient (Wildman–Crippen LogP) is 7.60. The minimum absolute atomic E-state index is 0.00827. The predicted molar refractivity (Wildman–Crippen MR) is 127 cm³/mol. The number of hydrogen-bond donors (Lipinski definition) is 0. The molecule has 2 heterocycles. The Bertz CT molecular complexity index is 1110. The lowest BCUT2D eigenvalue weighted by Crippen LogP contribution is -2.18. The first kappa shape index (κ1) is 27.0. The van der Waals surface area contributed by atoms with Crippen molar-refractivity contribution in [2.45, 2.75) is 0 Å². The monoisotopic (exact) mass is 594 g/mol. The first-order valence-electron chi connectivity index (χ1n) is 7.84. The molecule has 4 rings (SSSR count). The number of hydrogen-bond acceptors (Lipinski definition) is 4. The Hall–Kier alpha value is -1.22. The molecule has 0 saturated carbocycles. The fourth-order valence-corrected chi connectivity index (χ4v) is 4.26. The molecule has 0 unspecified atom stereocenters. The van der Waals surface area contributed by atoms with Gasteiger partial charge < -0.3 is 0 Å². The van der Waals surface area contributed by atoms with Gasteiger partial charge in [0.15, 0.2) is 0 Å². The van der Waals surface area contributed by atoms with Crippen LogP contribution in [0.2, 0.25) is 30.1 Å². The molecule has 0 aromatic heterocycles. The van der Waals surface area contributed by atoms with Crippen molar-refractivity contribution in [1.82, 2.24) is 8.84 Å². The Morgan fingerprint density at radius 1 is 0.531 bits per heavy atom. The molecule has 168 valence electrons. The van der Waals surface area contributed by atoms with Crippen molar-refractivity contribution < 1.29 is 19.2 Å². The van der Waals surface area contributed by atoms with Gasteiger partial charge in [0, 0.05) is 23.6 Å². The highest BCUT2D eigenvalue weighted by Gasteiger charge is 2.39. The molecule has 0 N–H and O–H groups in total. The van der Waals surface area contributed by atoms with Crippen molar-refractivity contribution >= 4 is 117 Å². The van der Waals surface area contributed by atoms with Crippen molar-refractivity contribution in [2.24, 2.45) is 0 Å². The lowest BCUT2D eigenvalue weighted by atomic mass is 10.1. The van der Waals surface area contributed by atoms with Gasteiger partial charge in [-0.2, -0.15) is 8.84 Å². The van der Waals surface area contributed by atoms with E-state index in [4.69, 9.17) is 93.2 Å². The van der Waals surface area contributed by atoms with Crippen molar-refractivity contribution in [3.63, 3.8) is 0 Å². The van der Waals surface area contributed by atoms with Crippen molar-refractivity contribution in [1.29, 1.82) is 0 Å². The number of carbonyl (C=O) groups is 4. The van der Waals surface area contributed by atoms with Gasteiger partial charge >= 0.3 is 0 Å². The molecule has 2 aromatic rings. The normalized spacial score (nSPS) is 14.0. The Kier molecular flexibility index (Phi) is 8.76. The third kappa shape index (κ3) is 4.43. The fourth-order valence-electron chi connectivity index (χ4n) is 2.54. The Labute approximate surface area is 221 Å². The van der Waals surface area contributed by atoms with E-state index in [-0.39, 0.29) is 52.4 Å². The van der Waals surface area contributed by atoms with Crippen LogP contribution in [0.25, 0.3) is 0 Å². The minimum Gasteiger partial charge on any atom is -0.267 e. The molecule has 4 amide bonds. The summed E-state index contributed by atoms with van der Waals surface area (Å²) >= 11 is 45.4. The zero-order valence-electron chi connectivity index (χ0n) is 15.1. The summed E-state index contributed by atoms with van der Waals surface area (Å²) in [6, 6.07) is 2.54. The van der Waals surface area contributed by atoms with E-state index in [9.17, 15) is 19.2 Å². The summed E-state index contributed by atoms with van der Waals surface area (Å²) in [5, 5.41) is 0.166. The zero-order chi connectivity index (χ0) is 24.7. The van der Waals surface area contributed by atoms with Gasteiger partial charge in [-0.25, -0.2) is 0 Å². The highest BCUT2D eigenvalue weighted by molar-refractivity contribution is 6.53. The maximum atomic E-state index is 11.5. The third-order valence-corrected chi connectivity index (χ3v) is 7.06. The van der Waals surface area contributed by atoms with E-state index >= 15 is 0 Å². The average Bonchev–Trinajstić information content (AvgIpc) is 3.12. The number of amides is 4. The maximum Gasteiger partial charge on any atom is 0.277 e. The molecule has 0 fully saturated rings. The van der Waals surface area contributed by atoms with Crippen LogP contribution in [0.1, 0.15) is 41.4 Å². The van der Waals surface area contributed by atoms with E-state index in [1.807, 2.05) is 0 Å². The summed E-state index contributed by atoms with van der Waals surface area (Å²) in [6.45, 7) is 6.00. The Morgan fingerprint density at radius 2 is 0.812 bits per heavy atom. The molecular formula is C18H6Cl8N2O4. The molecule has 0 saturated heterocycles. The summed E-state index contributed by atoms with van der Waals surface area (Å²) in [5.74, 6) is -2.70. The Balaban J connectivity index is 0.000000211. The van der Waals surface area contributed by atoms with Gasteiger partial charge in [-0.3, -0.25) is 19.2 Å². The number of rotatable bonds is 0. The highest BCUT2D eigenvalue weighted by atomic mass is 35.5. The minimum atomic E-state index is -0.694. The van der Waals surface area contributed by atoms with Gasteiger partial charge in [0.05, 0.1) is 52.4 Å². The van der Waals surface area contributed by atoms with E-state index in [2.05, 4.69) is 13.2 Å². The fraction of sp³-hybridized carbons (Fsp3) is 0. The topological polar surface area (TPSA) is 74.8 Å². The molecule has 6 nitrogen and oxygen atoms in total. The quantitative estimate of drug-likeness (QED) is 0.136. The zero-order valence-corrected chi connectivity index (χ0v) is 21.2. The second kappa shape index (κ2) is 10.4. The third-order valence-electron chi connectivity index (χ3n) is 3.93. The van der Waals surface area contributed by atoms with Crippen LogP contribution in [0.5, 0.6) is 0 Å². The van der Waals surface area contributed by atoms with E-state index in [1.54, 1.807) is 0 Å². The molecular weight excluding hydrogens is 592 g/mol. The van der Waals surface area contributed by atoms with Crippen LogP contribution in [-0.2, 0) is 0 Å². The largest absolute Gasteiger partial charge is 0.277 e. The number of nitrogens with zero attached hydrogens (tertiary/aromatic N) is 2. The summed E-state index contributed by atoms with van der Waals surface area (Å²) < 4.78 is 0.895. The molecule has 0 bridgehead atoms. The van der Waals surface area contributed by atoms with E-state index in [0.717, 1.165) is 0 Å². The molecule has 0 spiro atoms. The molecule has 2 aliphatic rings. The standard InChI is InChI=1S/2C8HCl4NO2.C2H4/c2*9-3-1-2-4(6(11)5(3)10)8(15)13(12)7(2)14;1-2/h2*1H;1-2H2. The molecule has 0 aliphatic carbocycles. The van der Waals surface area contributed by atoms with Gasteiger partial charge in [-0.05, 0) is 12.1 Å². The molecule has 14 heteroatoms. The van der Waals surface area contributed by atoms with E-state index in [0.29, 0.717) is 8.84 Å². The summed E-state index contributed by atoms with van der Waals surface area (Å²) in [7, 11) is 0. The molecule has 0 atom stereocenters. The van der Waals surface area contributed by atoms with Crippen LogP contribution in [0.3, 0.4) is 0 Å². The second-order valence-electron chi connectivity index (χ2n) is 5.60. The summed E-state index contributed by atoms with van der Waals surface area (Å²) in [6.07, 6.45) is 0. The highest BCUT2D eigenvalue weighted by Crippen LogP contribution is 2.40. The summed E-state index contributed by atoms with van der Waals surface area (Å²) in [5.41, 5.74) is 0.112. The summed E-state index contributed by atoms with van der Waals surface area (Å²) in [4.78, 5) is 45.8. The first-order valence-corrected chi connectivity index (χ1v) is 10.8. The van der Waals surface area contributed by atoms with Crippen molar-refractivity contribution in [3.05, 3.63) is 77.7 Å². The maximum absolute atomic E-state index is 11.5. The number of imide groups is 2. The molecule has 0 radical (unpaired) electrons. The van der Waals surface area contributed by atoms with Crippen LogP contribution in [0, 0.1) is 0 Å². The average molecular weight is 598 g/mol. The molecule has 32 heavy (non-hydrogen) atoms. The van der Waals surface area contributed by atoms with E-state index < -0.39 is 23.6 Å². The molecule has 2 aliphatic heterocycles. The van der Waals surface area contributed by atoms with Crippen LogP contribution in [0.4, 0.5) is 0 Å². The number of carbonyl (C=O) groups excluding carboxylic acids is 4. The van der Waals surface area contributed by atoms with Crippen LogP contribution < -0.4 is 0 Å². The van der Waals surface area contributed by atoms with Gasteiger partial charge in [-0.15, -0.1) is 13.2 Å². The number of benzene rings is 2. The van der Waals surface area contributed by atoms with E-state index in [1.165, 1.54) is 12.1 Å². The molecule has 2 aromatic carbocycles. The number of halogens is 8. The lowest BCUT2D eigenvalue weighted by molar-refractivity contribution is 0.0751. The number of fused-ring (bicyclic) bond motifs is 2. The van der Waals surface area contributed by atoms with Gasteiger partial charge in [0.2, 0.25) is 0 Å². The van der Waals surface area contributed by atoms with Crippen LogP contribution in [0.15, 0.2) is 25.3 Å². The second-order valence-corrected chi connectivity index (χ2v) is 8.60. The van der Waals surface area contributed by atoms with Gasteiger partial charge in [0.25, 0.3) is 23.6 Å². The Morgan fingerprint density at radius 3 is 1.09 bits per heavy atom. The van der Waals surface area contributed by atoms with Gasteiger partial charge in [-0.1, -0.05) is 69.6 Å². The SMILES string of the molecule is C=C.O=C1c2cc(Cl)c(Cl)c(Cl)c2C(=O)N1Cl.O=C1c2cc(Cl)c(Cl)c(Cl)c2C(=O)N1Cl. The lowest BCUT2D eigenvalue weighted by Gasteiger charge is -2.02. The van der Waals surface area contributed by atoms with Crippen molar-refractivity contribution in [2.75, 3.05) is 0 Å². The first-order chi connectivity index (χ1) is 14.9. The van der Waals surface area contributed by atoms with Crippen molar-refractivity contribution in [3.8, 4) is 0 Å². The smallest absolute Gasteiger partial charge is 0.267 e. The van der Waals surface area contributed by atoms with Crippen LogP contribution in [-0.4, -0.2) is 32.5 Å².